The average Bonchev–Trinajstić information content (AvgIpc) is 2.88. The summed E-state index contributed by atoms with van der Waals surface area (Å²) in [6, 6.07) is 4.58. The smallest absolute Gasteiger partial charge is 0.243 e. The van der Waals surface area contributed by atoms with Gasteiger partial charge in [-0.2, -0.15) is 4.98 Å². The van der Waals surface area contributed by atoms with Crippen molar-refractivity contribution in [3.8, 4) is 22.9 Å². The van der Waals surface area contributed by atoms with E-state index in [0.717, 1.165) is 6.42 Å². The van der Waals surface area contributed by atoms with Crippen LogP contribution in [0.5, 0.6) is 11.5 Å². The van der Waals surface area contributed by atoms with Crippen molar-refractivity contribution < 1.29 is 14.4 Å². The summed E-state index contributed by atoms with van der Waals surface area (Å²) in [4.78, 5) is 4.22. The lowest BCUT2D eigenvalue weighted by molar-refractivity contribution is 0.352. The Morgan fingerprint density at radius 2 is 2.28 bits per heavy atom. The second-order valence-electron chi connectivity index (χ2n) is 3.86. The maximum absolute atomic E-state index is 9.50. The maximum atomic E-state index is 9.50. The first-order chi connectivity index (χ1) is 8.65. The van der Waals surface area contributed by atoms with Crippen molar-refractivity contribution in [1.82, 2.24) is 10.1 Å². The zero-order valence-electron chi connectivity index (χ0n) is 10.3. The van der Waals surface area contributed by atoms with Crippen LogP contribution in [-0.2, 0) is 0 Å². The lowest BCUT2D eigenvalue weighted by Crippen LogP contribution is -2.08. The Morgan fingerprint density at radius 1 is 1.50 bits per heavy atom. The number of phenols is 1. The van der Waals surface area contributed by atoms with E-state index in [9.17, 15) is 5.11 Å². The number of nitrogens with zero attached hydrogens (tertiary/aromatic N) is 2. The van der Waals surface area contributed by atoms with Gasteiger partial charge in [-0.3, -0.25) is 0 Å². The number of ether oxygens (including phenoxy) is 1. The minimum Gasteiger partial charge on any atom is -0.504 e. The van der Waals surface area contributed by atoms with Crippen molar-refractivity contribution in [1.29, 1.82) is 0 Å². The molecule has 96 valence electrons. The molecule has 0 saturated carbocycles. The molecule has 0 saturated heterocycles. The monoisotopic (exact) mass is 249 g/mol. The van der Waals surface area contributed by atoms with Crippen molar-refractivity contribution in [3.63, 3.8) is 0 Å². The van der Waals surface area contributed by atoms with E-state index in [1.807, 2.05) is 6.92 Å². The van der Waals surface area contributed by atoms with Gasteiger partial charge in [0.2, 0.25) is 11.7 Å². The van der Waals surface area contributed by atoms with Crippen LogP contribution in [0.4, 0.5) is 0 Å². The van der Waals surface area contributed by atoms with E-state index in [-0.39, 0.29) is 11.8 Å². The van der Waals surface area contributed by atoms with Gasteiger partial charge in [0.25, 0.3) is 0 Å². The van der Waals surface area contributed by atoms with Gasteiger partial charge in [0.05, 0.1) is 13.2 Å². The van der Waals surface area contributed by atoms with Crippen LogP contribution in [-0.4, -0.2) is 22.4 Å². The van der Waals surface area contributed by atoms with Crippen molar-refractivity contribution in [2.75, 3.05) is 7.11 Å². The van der Waals surface area contributed by atoms with Gasteiger partial charge < -0.3 is 20.1 Å². The van der Waals surface area contributed by atoms with Crippen LogP contribution in [0.1, 0.15) is 25.3 Å². The molecule has 1 heterocycles. The fraction of sp³-hybridized carbons (Fsp3) is 0.333. The lowest BCUT2D eigenvalue weighted by Gasteiger charge is -2.03. The van der Waals surface area contributed by atoms with Crippen molar-refractivity contribution in [2.24, 2.45) is 5.73 Å². The van der Waals surface area contributed by atoms with Gasteiger partial charge in [-0.1, -0.05) is 12.1 Å². The van der Waals surface area contributed by atoms with E-state index in [1.165, 1.54) is 13.2 Å². The number of aromatic nitrogens is 2. The number of hydrogen-bond acceptors (Lipinski definition) is 6. The normalized spacial score (nSPS) is 12.4. The average molecular weight is 249 g/mol. The van der Waals surface area contributed by atoms with E-state index in [2.05, 4.69) is 10.1 Å². The van der Waals surface area contributed by atoms with Gasteiger partial charge in [-0.25, -0.2) is 0 Å². The van der Waals surface area contributed by atoms with E-state index in [0.29, 0.717) is 23.0 Å². The molecule has 3 N–H and O–H groups in total. The Bertz CT molecular complexity index is 539. The molecule has 0 aliphatic rings. The molecule has 0 unspecified atom stereocenters. The van der Waals surface area contributed by atoms with E-state index in [4.69, 9.17) is 15.0 Å². The minimum atomic E-state index is -0.259. The molecule has 0 amide bonds. The molecule has 1 aromatic carbocycles. The molecular weight excluding hydrogens is 234 g/mol. The van der Waals surface area contributed by atoms with Gasteiger partial charge in [-0.05, 0) is 24.6 Å². The first-order valence-corrected chi connectivity index (χ1v) is 5.62. The fourth-order valence-electron chi connectivity index (χ4n) is 1.49. The third-order valence-electron chi connectivity index (χ3n) is 2.64. The Hall–Kier alpha value is -2.08. The zero-order valence-corrected chi connectivity index (χ0v) is 10.3. The fourth-order valence-corrected chi connectivity index (χ4v) is 1.49. The van der Waals surface area contributed by atoms with Gasteiger partial charge in [0, 0.05) is 5.56 Å². The number of rotatable bonds is 4. The summed E-state index contributed by atoms with van der Waals surface area (Å²) in [5.74, 6) is 1.25. The number of nitrogens with two attached hydrogens (primary N) is 1. The molecule has 2 aromatic rings. The molecule has 0 fully saturated rings. The van der Waals surface area contributed by atoms with E-state index >= 15 is 0 Å². The van der Waals surface area contributed by atoms with Gasteiger partial charge in [0.1, 0.15) is 0 Å². The second-order valence-corrected chi connectivity index (χ2v) is 3.86. The molecule has 0 bridgehead atoms. The summed E-state index contributed by atoms with van der Waals surface area (Å²) in [5.41, 5.74) is 6.50. The summed E-state index contributed by atoms with van der Waals surface area (Å²) < 4.78 is 10.1. The molecule has 1 atom stereocenters. The maximum Gasteiger partial charge on any atom is 0.243 e. The standard InChI is InChI=1S/C12H15N3O3/c1-3-8(13)12-14-11(15-18-12)7-4-5-9(16)10(6-7)17-2/h4-6,8,16H,3,13H2,1-2H3/t8-/m0/s1. The highest BCUT2D eigenvalue weighted by molar-refractivity contribution is 5.60. The van der Waals surface area contributed by atoms with Crippen LogP contribution in [0.3, 0.4) is 0 Å². The summed E-state index contributed by atoms with van der Waals surface area (Å²) >= 11 is 0. The van der Waals surface area contributed by atoms with Crippen LogP contribution >= 0.6 is 0 Å². The van der Waals surface area contributed by atoms with Crippen molar-refractivity contribution in [2.45, 2.75) is 19.4 Å². The summed E-state index contributed by atoms with van der Waals surface area (Å²) in [6.45, 7) is 1.94. The molecule has 6 nitrogen and oxygen atoms in total. The quantitative estimate of drug-likeness (QED) is 0.858. The summed E-state index contributed by atoms with van der Waals surface area (Å²) in [6.07, 6.45) is 0.723. The zero-order chi connectivity index (χ0) is 13.1. The van der Waals surface area contributed by atoms with Gasteiger partial charge in [0.15, 0.2) is 11.5 Å². The molecule has 6 heteroatoms. The van der Waals surface area contributed by atoms with Crippen LogP contribution in [0, 0.1) is 0 Å². The van der Waals surface area contributed by atoms with Crippen LogP contribution in [0.2, 0.25) is 0 Å². The van der Waals surface area contributed by atoms with E-state index < -0.39 is 0 Å². The Morgan fingerprint density at radius 3 is 2.94 bits per heavy atom. The second kappa shape index (κ2) is 5.05. The van der Waals surface area contributed by atoms with Crippen molar-refractivity contribution in [3.05, 3.63) is 24.1 Å². The Labute approximate surface area is 104 Å². The number of hydrogen-bond donors (Lipinski definition) is 2. The topological polar surface area (TPSA) is 94.4 Å². The number of aromatic hydroxyl groups is 1. The Kier molecular flexibility index (Phi) is 3.47. The molecular formula is C12H15N3O3. The third kappa shape index (κ3) is 2.28. The molecule has 0 radical (unpaired) electrons. The summed E-state index contributed by atoms with van der Waals surface area (Å²) in [7, 11) is 1.48. The molecule has 1 aromatic heterocycles. The molecule has 0 aliphatic carbocycles. The predicted octanol–water partition coefficient (Wildman–Crippen LogP) is 1.86. The summed E-state index contributed by atoms with van der Waals surface area (Å²) in [5, 5.41) is 13.4. The van der Waals surface area contributed by atoms with Gasteiger partial charge in [-0.15, -0.1) is 0 Å². The van der Waals surface area contributed by atoms with Crippen LogP contribution in [0.15, 0.2) is 22.7 Å². The highest BCUT2D eigenvalue weighted by Gasteiger charge is 2.15. The number of benzene rings is 1. The third-order valence-corrected chi connectivity index (χ3v) is 2.64. The first-order valence-electron chi connectivity index (χ1n) is 5.62. The van der Waals surface area contributed by atoms with Crippen LogP contribution < -0.4 is 10.5 Å². The minimum absolute atomic E-state index is 0.0650. The largest absolute Gasteiger partial charge is 0.504 e. The van der Waals surface area contributed by atoms with Gasteiger partial charge >= 0.3 is 0 Å². The highest BCUT2D eigenvalue weighted by atomic mass is 16.5. The van der Waals surface area contributed by atoms with Crippen LogP contribution in [0.25, 0.3) is 11.4 Å². The SMILES string of the molecule is CC[C@H](N)c1nc(-c2ccc(O)c(OC)c2)no1. The number of phenolic OH excluding ortho intramolecular Hbond substituents is 1. The first kappa shape index (κ1) is 12.4. The molecule has 0 spiro atoms. The number of methoxy groups -OCH3 is 1. The molecule has 18 heavy (non-hydrogen) atoms. The Balaban J connectivity index is 2.34. The van der Waals surface area contributed by atoms with Crippen molar-refractivity contribution >= 4 is 0 Å². The predicted molar refractivity (Wildman–Crippen MR) is 65.2 cm³/mol. The molecule has 0 aliphatic heterocycles. The lowest BCUT2D eigenvalue weighted by atomic mass is 10.2. The highest BCUT2D eigenvalue weighted by Crippen LogP contribution is 2.30. The molecule has 2 rings (SSSR count). The van der Waals surface area contributed by atoms with E-state index in [1.54, 1.807) is 12.1 Å².